The maximum absolute atomic E-state index is 11.2. The number of para-hydroxylation sites is 1. The third kappa shape index (κ3) is 2.26. The summed E-state index contributed by atoms with van der Waals surface area (Å²) < 4.78 is 2.46. The highest BCUT2D eigenvalue weighted by Crippen LogP contribution is 2.22. The molecule has 1 heterocycles. The van der Waals surface area contributed by atoms with Crippen LogP contribution in [0.15, 0.2) is 41.0 Å². The number of halogens is 1. The molecule has 0 aliphatic rings. The molecule has 1 aromatic heterocycles. The summed E-state index contributed by atoms with van der Waals surface area (Å²) in [7, 11) is 0. The summed E-state index contributed by atoms with van der Waals surface area (Å²) >= 11 is 3.31. The van der Waals surface area contributed by atoms with Crippen LogP contribution in [0.4, 0.5) is 0 Å². The number of carbonyl (C=O) groups is 1. The molecule has 0 aliphatic heterocycles. The van der Waals surface area contributed by atoms with E-state index < -0.39 is 5.97 Å². The van der Waals surface area contributed by atoms with E-state index in [1.807, 2.05) is 24.3 Å². The Balaban J connectivity index is 2.63. The Labute approximate surface area is 108 Å². The first-order valence-electron chi connectivity index (χ1n) is 5.33. The lowest BCUT2D eigenvalue weighted by Gasteiger charge is -2.10. The second kappa shape index (κ2) is 4.75. The zero-order valence-corrected chi connectivity index (χ0v) is 10.9. The lowest BCUT2D eigenvalue weighted by atomic mass is 10.1. The van der Waals surface area contributed by atoms with Gasteiger partial charge in [0.25, 0.3) is 0 Å². The summed E-state index contributed by atoms with van der Waals surface area (Å²) in [5.41, 5.74) is 2.30. The summed E-state index contributed by atoms with van der Waals surface area (Å²) in [5, 5.41) is 9.16. The zero-order valence-electron chi connectivity index (χ0n) is 9.35. The number of rotatable bonds is 3. The number of aromatic carboxylic acids is 1. The van der Waals surface area contributed by atoms with Crippen molar-refractivity contribution < 1.29 is 9.90 Å². The Bertz CT molecular complexity index is 560. The van der Waals surface area contributed by atoms with Crippen molar-refractivity contribution in [3.05, 3.63) is 52.3 Å². The third-order valence-corrected chi connectivity index (χ3v) is 3.07. The quantitative estimate of drug-likeness (QED) is 0.941. The van der Waals surface area contributed by atoms with Crippen LogP contribution >= 0.6 is 15.9 Å². The molecule has 0 unspecified atom stereocenters. The van der Waals surface area contributed by atoms with Gasteiger partial charge in [0.1, 0.15) is 5.69 Å². The van der Waals surface area contributed by atoms with E-state index in [0.717, 1.165) is 22.1 Å². The molecule has 1 N–H and O–H groups in total. The molecule has 0 atom stereocenters. The molecule has 17 heavy (non-hydrogen) atoms. The molecular formula is C13H12BrNO2. The average molecular weight is 294 g/mol. The molecule has 2 rings (SSSR count). The SMILES string of the molecule is CCc1ccccc1-n1cc(Br)cc1C(=O)O. The van der Waals surface area contributed by atoms with Gasteiger partial charge in [0.15, 0.2) is 0 Å². The first-order chi connectivity index (χ1) is 8.13. The van der Waals surface area contributed by atoms with Crippen molar-refractivity contribution in [3.63, 3.8) is 0 Å². The van der Waals surface area contributed by atoms with Crippen LogP contribution in [-0.4, -0.2) is 15.6 Å². The number of hydrogen-bond acceptors (Lipinski definition) is 1. The van der Waals surface area contributed by atoms with Crippen LogP contribution in [0.25, 0.3) is 5.69 Å². The van der Waals surface area contributed by atoms with Crippen molar-refractivity contribution in [1.29, 1.82) is 0 Å². The van der Waals surface area contributed by atoms with Crippen LogP contribution in [0.3, 0.4) is 0 Å². The molecule has 88 valence electrons. The van der Waals surface area contributed by atoms with Crippen molar-refractivity contribution in [1.82, 2.24) is 4.57 Å². The van der Waals surface area contributed by atoms with Gasteiger partial charge in [-0.05, 0) is 40.0 Å². The minimum atomic E-state index is -0.929. The van der Waals surface area contributed by atoms with Crippen LogP contribution in [0, 0.1) is 0 Å². The highest BCUT2D eigenvalue weighted by atomic mass is 79.9. The Morgan fingerprint density at radius 2 is 2.12 bits per heavy atom. The van der Waals surface area contributed by atoms with E-state index in [9.17, 15) is 4.79 Å². The molecule has 0 fully saturated rings. The largest absolute Gasteiger partial charge is 0.477 e. The van der Waals surface area contributed by atoms with Crippen molar-refractivity contribution in [3.8, 4) is 5.69 Å². The lowest BCUT2D eigenvalue weighted by molar-refractivity contribution is 0.0688. The van der Waals surface area contributed by atoms with Crippen molar-refractivity contribution in [2.24, 2.45) is 0 Å². The monoisotopic (exact) mass is 293 g/mol. The Kier molecular flexibility index (Phi) is 3.33. The van der Waals surface area contributed by atoms with Gasteiger partial charge in [-0.15, -0.1) is 0 Å². The van der Waals surface area contributed by atoms with Crippen LogP contribution in [0.2, 0.25) is 0 Å². The number of nitrogens with zero attached hydrogens (tertiary/aromatic N) is 1. The molecular weight excluding hydrogens is 282 g/mol. The van der Waals surface area contributed by atoms with Crippen LogP contribution in [0.1, 0.15) is 23.0 Å². The van der Waals surface area contributed by atoms with Gasteiger partial charge >= 0.3 is 5.97 Å². The second-order valence-electron chi connectivity index (χ2n) is 3.70. The predicted molar refractivity (Wildman–Crippen MR) is 69.8 cm³/mol. The van der Waals surface area contributed by atoms with E-state index >= 15 is 0 Å². The molecule has 0 spiro atoms. The molecule has 0 saturated carbocycles. The van der Waals surface area contributed by atoms with Crippen molar-refractivity contribution in [2.45, 2.75) is 13.3 Å². The lowest BCUT2D eigenvalue weighted by Crippen LogP contribution is -2.07. The number of hydrogen-bond donors (Lipinski definition) is 1. The van der Waals surface area contributed by atoms with Gasteiger partial charge in [0.05, 0.1) is 0 Å². The van der Waals surface area contributed by atoms with E-state index in [-0.39, 0.29) is 5.69 Å². The van der Waals surface area contributed by atoms with Gasteiger partial charge in [0.2, 0.25) is 0 Å². The number of benzene rings is 1. The highest BCUT2D eigenvalue weighted by Gasteiger charge is 2.14. The predicted octanol–water partition coefficient (Wildman–Crippen LogP) is 3.50. The first-order valence-corrected chi connectivity index (χ1v) is 6.12. The van der Waals surface area contributed by atoms with Gasteiger partial charge in [-0.3, -0.25) is 0 Å². The fourth-order valence-corrected chi connectivity index (χ4v) is 2.26. The number of carboxylic acid groups (broad SMARTS) is 1. The Hall–Kier alpha value is -1.55. The normalized spacial score (nSPS) is 10.5. The minimum absolute atomic E-state index is 0.262. The van der Waals surface area contributed by atoms with Crippen molar-refractivity contribution >= 4 is 21.9 Å². The fraction of sp³-hybridized carbons (Fsp3) is 0.154. The van der Waals surface area contributed by atoms with E-state index in [0.29, 0.717) is 0 Å². The van der Waals surface area contributed by atoms with Gasteiger partial charge in [-0.25, -0.2) is 4.79 Å². The Morgan fingerprint density at radius 3 is 2.76 bits per heavy atom. The molecule has 0 amide bonds. The first kappa shape index (κ1) is 11.9. The number of aryl methyl sites for hydroxylation is 1. The molecule has 1 aromatic carbocycles. The standard InChI is InChI=1S/C13H12BrNO2/c1-2-9-5-3-4-6-11(9)15-8-10(14)7-12(15)13(16)17/h3-8H,2H2,1H3,(H,16,17). The summed E-state index contributed by atoms with van der Waals surface area (Å²) in [6.45, 7) is 2.05. The summed E-state index contributed by atoms with van der Waals surface area (Å²) in [5.74, 6) is -0.929. The van der Waals surface area contributed by atoms with Crippen LogP contribution in [0.5, 0.6) is 0 Å². The second-order valence-corrected chi connectivity index (χ2v) is 4.62. The fourth-order valence-electron chi connectivity index (χ4n) is 1.84. The number of carboxylic acids is 1. The van der Waals surface area contributed by atoms with E-state index in [1.54, 1.807) is 16.8 Å². The smallest absolute Gasteiger partial charge is 0.352 e. The molecule has 0 saturated heterocycles. The molecule has 0 aliphatic carbocycles. The highest BCUT2D eigenvalue weighted by molar-refractivity contribution is 9.10. The zero-order chi connectivity index (χ0) is 12.4. The van der Waals surface area contributed by atoms with Gasteiger partial charge in [0, 0.05) is 16.4 Å². The summed E-state index contributed by atoms with van der Waals surface area (Å²) in [4.78, 5) is 11.2. The van der Waals surface area contributed by atoms with Crippen LogP contribution in [-0.2, 0) is 6.42 Å². The van der Waals surface area contributed by atoms with Gasteiger partial charge < -0.3 is 9.67 Å². The topological polar surface area (TPSA) is 42.2 Å². The Morgan fingerprint density at radius 1 is 1.41 bits per heavy atom. The average Bonchev–Trinajstić information content (AvgIpc) is 2.71. The molecule has 0 bridgehead atoms. The van der Waals surface area contributed by atoms with E-state index in [2.05, 4.69) is 22.9 Å². The molecule has 3 nitrogen and oxygen atoms in total. The van der Waals surface area contributed by atoms with Crippen molar-refractivity contribution in [2.75, 3.05) is 0 Å². The summed E-state index contributed by atoms with van der Waals surface area (Å²) in [6.07, 6.45) is 2.64. The van der Waals surface area contributed by atoms with E-state index in [1.165, 1.54) is 0 Å². The molecule has 2 aromatic rings. The summed E-state index contributed by atoms with van der Waals surface area (Å²) in [6, 6.07) is 9.41. The number of aromatic nitrogens is 1. The minimum Gasteiger partial charge on any atom is -0.477 e. The van der Waals surface area contributed by atoms with Gasteiger partial charge in [-0.2, -0.15) is 0 Å². The molecule has 4 heteroatoms. The molecule has 0 radical (unpaired) electrons. The van der Waals surface area contributed by atoms with E-state index in [4.69, 9.17) is 5.11 Å². The van der Waals surface area contributed by atoms with Crippen LogP contribution < -0.4 is 0 Å². The maximum Gasteiger partial charge on any atom is 0.352 e. The van der Waals surface area contributed by atoms with Gasteiger partial charge in [-0.1, -0.05) is 25.1 Å². The maximum atomic E-state index is 11.2. The third-order valence-electron chi connectivity index (χ3n) is 2.64.